The van der Waals surface area contributed by atoms with Crippen LogP contribution in [0.4, 0.5) is 0 Å². The molecule has 0 aliphatic carbocycles. The van der Waals surface area contributed by atoms with E-state index < -0.39 is 21.1 Å². The zero-order chi connectivity index (χ0) is 12.3. The van der Waals surface area contributed by atoms with Gasteiger partial charge in [-0.2, -0.15) is 0 Å². The zero-order valence-electron chi connectivity index (χ0n) is 9.77. The van der Waals surface area contributed by atoms with Gasteiger partial charge in [0.15, 0.2) is 9.84 Å². The minimum atomic E-state index is -2.98. The van der Waals surface area contributed by atoms with E-state index in [0.29, 0.717) is 12.8 Å². The van der Waals surface area contributed by atoms with Gasteiger partial charge in [0.25, 0.3) is 0 Å². The summed E-state index contributed by atoms with van der Waals surface area (Å²) in [6, 6.07) is -0.566. The quantitative estimate of drug-likeness (QED) is 0.712. The fourth-order valence-corrected chi connectivity index (χ4v) is 3.49. The number of rotatable bonds is 4. The van der Waals surface area contributed by atoms with E-state index in [-0.39, 0.29) is 24.1 Å². The lowest BCUT2D eigenvalue weighted by atomic mass is 10.1. The Bertz CT molecular complexity index is 351. The molecule has 0 aromatic rings. The van der Waals surface area contributed by atoms with Gasteiger partial charge in [0, 0.05) is 6.54 Å². The predicted molar refractivity (Wildman–Crippen MR) is 62.6 cm³/mol. The fourth-order valence-electron chi connectivity index (χ4n) is 1.72. The first-order valence-electron chi connectivity index (χ1n) is 5.59. The maximum atomic E-state index is 11.5. The van der Waals surface area contributed by atoms with Gasteiger partial charge in [0.05, 0.1) is 17.0 Å². The molecule has 0 bridgehead atoms. The first-order valence-corrected chi connectivity index (χ1v) is 7.31. The summed E-state index contributed by atoms with van der Waals surface area (Å²) in [7, 11) is -2.98. The monoisotopic (exact) mass is 248 g/mol. The minimum Gasteiger partial charge on any atom is -0.353 e. The summed E-state index contributed by atoms with van der Waals surface area (Å²) < 4.78 is 23.0. The van der Waals surface area contributed by atoms with Gasteiger partial charge in [-0.15, -0.1) is 0 Å². The van der Waals surface area contributed by atoms with Crippen LogP contribution in [-0.4, -0.2) is 37.9 Å². The molecular weight excluding hydrogens is 228 g/mol. The molecule has 6 heteroatoms. The standard InChI is InChI=1S/C10H20N2O3S/c1-7(2)9(11)10(13)12-6-8-4-3-5-16(8,14)15/h7-9H,3-6,11H2,1-2H3,(H,12,13)/t8?,9-/m0/s1. The summed E-state index contributed by atoms with van der Waals surface area (Å²) >= 11 is 0. The van der Waals surface area contributed by atoms with Gasteiger partial charge in [0.1, 0.15) is 0 Å². The summed E-state index contributed by atoms with van der Waals surface area (Å²) in [5.74, 6) is 0.0290. The van der Waals surface area contributed by atoms with E-state index in [0.717, 1.165) is 0 Å². The van der Waals surface area contributed by atoms with Gasteiger partial charge >= 0.3 is 0 Å². The van der Waals surface area contributed by atoms with Crippen LogP contribution in [0.1, 0.15) is 26.7 Å². The third-order valence-electron chi connectivity index (χ3n) is 2.99. The van der Waals surface area contributed by atoms with Crippen molar-refractivity contribution in [1.29, 1.82) is 0 Å². The second-order valence-corrected chi connectivity index (χ2v) is 7.05. The number of nitrogens with one attached hydrogen (secondary N) is 1. The van der Waals surface area contributed by atoms with Gasteiger partial charge in [-0.3, -0.25) is 4.79 Å². The second kappa shape index (κ2) is 5.14. The molecule has 0 radical (unpaired) electrons. The van der Waals surface area contributed by atoms with Gasteiger partial charge < -0.3 is 11.1 Å². The van der Waals surface area contributed by atoms with E-state index in [2.05, 4.69) is 5.32 Å². The normalized spacial score (nSPS) is 25.6. The van der Waals surface area contributed by atoms with Crippen molar-refractivity contribution in [1.82, 2.24) is 5.32 Å². The Kier molecular flexibility index (Phi) is 4.32. The smallest absolute Gasteiger partial charge is 0.237 e. The molecule has 2 atom stereocenters. The Morgan fingerprint density at radius 3 is 2.56 bits per heavy atom. The number of nitrogens with two attached hydrogens (primary N) is 1. The topological polar surface area (TPSA) is 89.3 Å². The summed E-state index contributed by atoms with van der Waals surface area (Å²) in [5, 5.41) is 2.20. The van der Waals surface area contributed by atoms with Crippen LogP contribution in [0.3, 0.4) is 0 Å². The van der Waals surface area contributed by atoms with Gasteiger partial charge in [-0.25, -0.2) is 8.42 Å². The van der Waals surface area contributed by atoms with Crippen molar-refractivity contribution in [3.05, 3.63) is 0 Å². The Morgan fingerprint density at radius 2 is 2.12 bits per heavy atom. The largest absolute Gasteiger partial charge is 0.353 e. The third kappa shape index (κ3) is 3.18. The fraction of sp³-hybridized carbons (Fsp3) is 0.900. The minimum absolute atomic E-state index is 0.0557. The van der Waals surface area contributed by atoms with Crippen LogP contribution >= 0.6 is 0 Å². The molecule has 1 rings (SSSR count). The Labute approximate surface area is 96.7 Å². The Balaban J connectivity index is 2.44. The SMILES string of the molecule is CC(C)[C@H](N)C(=O)NCC1CCCS1(=O)=O. The zero-order valence-corrected chi connectivity index (χ0v) is 10.6. The molecule has 5 nitrogen and oxygen atoms in total. The Morgan fingerprint density at radius 1 is 1.50 bits per heavy atom. The molecule has 1 heterocycles. The number of carbonyl (C=O) groups excluding carboxylic acids is 1. The summed E-state index contributed by atoms with van der Waals surface area (Å²) in [6.45, 7) is 3.91. The van der Waals surface area contributed by atoms with Crippen molar-refractivity contribution in [2.24, 2.45) is 11.7 Å². The van der Waals surface area contributed by atoms with Crippen molar-refractivity contribution in [2.75, 3.05) is 12.3 Å². The summed E-state index contributed by atoms with van der Waals surface area (Å²) in [4.78, 5) is 11.5. The van der Waals surface area contributed by atoms with Crippen LogP contribution in [0.2, 0.25) is 0 Å². The van der Waals surface area contributed by atoms with Crippen LogP contribution in [0, 0.1) is 5.92 Å². The molecule has 1 saturated heterocycles. The maximum Gasteiger partial charge on any atom is 0.237 e. The molecule has 0 saturated carbocycles. The van der Waals surface area contributed by atoms with E-state index in [1.807, 2.05) is 13.8 Å². The number of hydrogen-bond acceptors (Lipinski definition) is 4. The van der Waals surface area contributed by atoms with E-state index in [4.69, 9.17) is 5.73 Å². The molecule has 1 unspecified atom stereocenters. The highest BCUT2D eigenvalue weighted by molar-refractivity contribution is 7.92. The van der Waals surface area contributed by atoms with Gasteiger partial charge in [-0.05, 0) is 18.8 Å². The van der Waals surface area contributed by atoms with Crippen molar-refractivity contribution < 1.29 is 13.2 Å². The van der Waals surface area contributed by atoms with Crippen molar-refractivity contribution in [2.45, 2.75) is 38.0 Å². The summed E-state index contributed by atoms with van der Waals surface area (Å²) in [5.41, 5.74) is 5.65. The molecule has 1 aliphatic heterocycles. The van der Waals surface area contributed by atoms with Crippen molar-refractivity contribution >= 4 is 15.7 Å². The van der Waals surface area contributed by atoms with Gasteiger partial charge in [0.2, 0.25) is 5.91 Å². The predicted octanol–water partition coefficient (Wildman–Crippen LogP) is -0.337. The maximum absolute atomic E-state index is 11.5. The first kappa shape index (κ1) is 13.4. The second-order valence-electron chi connectivity index (χ2n) is 4.65. The average molecular weight is 248 g/mol. The number of hydrogen-bond donors (Lipinski definition) is 2. The van der Waals surface area contributed by atoms with Gasteiger partial charge in [-0.1, -0.05) is 13.8 Å². The van der Waals surface area contributed by atoms with Crippen LogP contribution in [0.25, 0.3) is 0 Å². The van der Waals surface area contributed by atoms with Crippen LogP contribution in [-0.2, 0) is 14.6 Å². The van der Waals surface area contributed by atoms with E-state index in [1.165, 1.54) is 0 Å². The molecule has 0 aromatic heterocycles. The molecule has 94 valence electrons. The van der Waals surface area contributed by atoms with Crippen LogP contribution in [0.5, 0.6) is 0 Å². The van der Waals surface area contributed by atoms with E-state index in [9.17, 15) is 13.2 Å². The summed E-state index contributed by atoms with van der Waals surface area (Å²) in [6.07, 6.45) is 1.33. The molecular formula is C10H20N2O3S. The van der Waals surface area contributed by atoms with Crippen LogP contribution in [0.15, 0.2) is 0 Å². The number of amides is 1. The molecule has 1 amide bonds. The lowest BCUT2D eigenvalue weighted by molar-refractivity contribution is -0.123. The highest BCUT2D eigenvalue weighted by Crippen LogP contribution is 2.19. The highest BCUT2D eigenvalue weighted by atomic mass is 32.2. The lowest BCUT2D eigenvalue weighted by Crippen LogP contribution is -2.46. The van der Waals surface area contributed by atoms with Crippen LogP contribution < -0.4 is 11.1 Å². The average Bonchev–Trinajstić information content (AvgIpc) is 2.52. The lowest BCUT2D eigenvalue weighted by Gasteiger charge is -2.17. The molecule has 3 N–H and O–H groups in total. The van der Waals surface area contributed by atoms with E-state index in [1.54, 1.807) is 0 Å². The van der Waals surface area contributed by atoms with E-state index >= 15 is 0 Å². The van der Waals surface area contributed by atoms with Crippen molar-refractivity contribution in [3.8, 4) is 0 Å². The van der Waals surface area contributed by atoms with Crippen molar-refractivity contribution in [3.63, 3.8) is 0 Å². The molecule has 16 heavy (non-hydrogen) atoms. The molecule has 1 aliphatic rings. The first-order chi connectivity index (χ1) is 7.34. The highest BCUT2D eigenvalue weighted by Gasteiger charge is 2.31. The number of carbonyl (C=O) groups is 1. The molecule has 1 fully saturated rings. The molecule has 0 aromatic carbocycles. The molecule has 0 spiro atoms. The third-order valence-corrected chi connectivity index (χ3v) is 5.26. The Hall–Kier alpha value is -0.620. The number of sulfone groups is 1.